The summed E-state index contributed by atoms with van der Waals surface area (Å²) in [7, 11) is 0. The van der Waals surface area contributed by atoms with Crippen molar-refractivity contribution in [3.63, 3.8) is 0 Å². The molecule has 0 aromatic rings. The summed E-state index contributed by atoms with van der Waals surface area (Å²) in [5.41, 5.74) is -0.884. The molecule has 0 rings (SSSR count). The molecule has 0 amide bonds. The maximum absolute atomic E-state index is 8.79. The molecule has 0 saturated heterocycles. The average Bonchev–Trinajstić information content (AvgIpc) is 2.15. The van der Waals surface area contributed by atoms with Gasteiger partial charge in [-0.15, -0.1) is 0 Å². The highest BCUT2D eigenvalue weighted by atomic mass is 16.5. The van der Waals surface area contributed by atoms with Crippen molar-refractivity contribution in [2.24, 2.45) is 0 Å². The molecule has 1 N–H and O–H groups in total. The van der Waals surface area contributed by atoms with Crippen LogP contribution in [0.2, 0.25) is 0 Å². The van der Waals surface area contributed by atoms with Gasteiger partial charge in [-0.3, -0.25) is 0 Å². The number of ether oxygens (including phenoxy) is 2. The van der Waals surface area contributed by atoms with Gasteiger partial charge in [-0.05, 0) is 20.3 Å². The summed E-state index contributed by atoms with van der Waals surface area (Å²) in [4.78, 5) is 0. The molecule has 0 radical (unpaired) electrons. The van der Waals surface area contributed by atoms with E-state index in [-0.39, 0.29) is 13.2 Å². The molecule has 76 valence electrons. The minimum Gasteiger partial charge on any atom is -0.396 e. The third kappa shape index (κ3) is 5.58. The molecule has 1 atom stereocenters. The number of aliphatic hydroxyl groups is 1. The van der Waals surface area contributed by atoms with E-state index >= 15 is 0 Å². The minimum absolute atomic E-state index is 0.0795. The van der Waals surface area contributed by atoms with Crippen molar-refractivity contribution >= 4 is 0 Å². The Labute approximate surface area is 79.1 Å². The van der Waals surface area contributed by atoms with Crippen LogP contribution in [0, 0.1) is 11.3 Å². The summed E-state index contributed by atoms with van der Waals surface area (Å²) in [6.07, 6.45) is 0.545. The van der Waals surface area contributed by atoms with Gasteiger partial charge in [0.15, 0.2) is 5.60 Å². The SMILES string of the molecule is CCOCC(C)(C#N)OCCCO. The second-order valence-corrected chi connectivity index (χ2v) is 2.91. The van der Waals surface area contributed by atoms with Gasteiger partial charge in [-0.2, -0.15) is 5.26 Å². The van der Waals surface area contributed by atoms with Crippen LogP contribution in [0.15, 0.2) is 0 Å². The Morgan fingerprint density at radius 2 is 2.23 bits per heavy atom. The molecule has 0 saturated carbocycles. The first-order valence-electron chi connectivity index (χ1n) is 4.42. The second-order valence-electron chi connectivity index (χ2n) is 2.91. The summed E-state index contributed by atoms with van der Waals surface area (Å²) >= 11 is 0. The number of rotatable bonds is 7. The van der Waals surface area contributed by atoms with Crippen molar-refractivity contribution < 1.29 is 14.6 Å². The molecule has 0 spiro atoms. The molecule has 13 heavy (non-hydrogen) atoms. The number of hydrogen-bond donors (Lipinski definition) is 1. The van der Waals surface area contributed by atoms with Crippen molar-refractivity contribution in [2.75, 3.05) is 26.4 Å². The highest BCUT2D eigenvalue weighted by Gasteiger charge is 2.24. The maximum atomic E-state index is 8.79. The topological polar surface area (TPSA) is 62.5 Å². The van der Waals surface area contributed by atoms with Crippen LogP contribution in [0.5, 0.6) is 0 Å². The molecule has 0 fully saturated rings. The summed E-state index contributed by atoms with van der Waals surface area (Å²) in [5.74, 6) is 0. The Balaban J connectivity index is 3.76. The zero-order chi connectivity index (χ0) is 10.2. The molecular weight excluding hydrogens is 170 g/mol. The van der Waals surface area contributed by atoms with Crippen molar-refractivity contribution in [3.05, 3.63) is 0 Å². The first-order chi connectivity index (χ1) is 6.18. The standard InChI is InChI=1S/C9H17NO3/c1-3-12-8-9(2,7-10)13-6-4-5-11/h11H,3-6,8H2,1-2H3. The van der Waals surface area contributed by atoms with Crippen LogP contribution in [0.3, 0.4) is 0 Å². The molecule has 0 heterocycles. The molecule has 0 aromatic heterocycles. The molecular formula is C9H17NO3. The van der Waals surface area contributed by atoms with E-state index in [1.54, 1.807) is 6.92 Å². The normalized spacial score (nSPS) is 14.9. The fourth-order valence-electron chi connectivity index (χ4n) is 0.765. The Hall–Kier alpha value is -0.630. The van der Waals surface area contributed by atoms with E-state index in [1.165, 1.54) is 0 Å². The van der Waals surface area contributed by atoms with E-state index < -0.39 is 5.60 Å². The number of aliphatic hydroxyl groups excluding tert-OH is 1. The van der Waals surface area contributed by atoms with Crippen LogP contribution in [-0.2, 0) is 9.47 Å². The fourth-order valence-corrected chi connectivity index (χ4v) is 0.765. The summed E-state index contributed by atoms with van der Waals surface area (Å²) in [5, 5.41) is 17.3. The van der Waals surface area contributed by atoms with Crippen molar-refractivity contribution in [1.82, 2.24) is 0 Å². The van der Waals surface area contributed by atoms with E-state index in [0.29, 0.717) is 19.6 Å². The molecule has 4 nitrogen and oxygen atoms in total. The highest BCUT2D eigenvalue weighted by Crippen LogP contribution is 2.09. The smallest absolute Gasteiger partial charge is 0.174 e. The van der Waals surface area contributed by atoms with Crippen LogP contribution < -0.4 is 0 Å². The van der Waals surface area contributed by atoms with E-state index in [2.05, 4.69) is 0 Å². The van der Waals surface area contributed by atoms with Crippen molar-refractivity contribution in [2.45, 2.75) is 25.9 Å². The highest BCUT2D eigenvalue weighted by molar-refractivity contribution is 4.98. The van der Waals surface area contributed by atoms with Crippen LogP contribution in [0.4, 0.5) is 0 Å². The molecule has 4 heteroatoms. The third-order valence-electron chi connectivity index (χ3n) is 1.54. The summed E-state index contributed by atoms with van der Waals surface area (Å²) in [6, 6.07) is 2.04. The lowest BCUT2D eigenvalue weighted by atomic mass is 10.1. The molecule has 1 unspecified atom stereocenters. The summed E-state index contributed by atoms with van der Waals surface area (Å²) in [6.45, 7) is 4.85. The molecule has 0 aliphatic rings. The Kier molecular flexibility index (Phi) is 6.51. The van der Waals surface area contributed by atoms with Gasteiger partial charge in [0.1, 0.15) is 0 Å². The van der Waals surface area contributed by atoms with E-state index in [1.807, 2.05) is 13.0 Å². The van der Waals surface area contributed by atoms with Gasteiger partial charge in [0.05, 0.1) is 19.3 Å². The number of nitriles is 1. The van der Waals surface area contributed by atoms with Gasteiger partial charge in [0.25, 0.3) is 0 Å². The largest absolute Gasteiger partial charge is 0.396 e. The molecule has 0 bridgehead atoms. The van der Waals surface area contributed by atoms with Crippen molar-refractivity contribution in [3.8, 4) is 6.07 Å². The van der Waals surface area contributed by atoms with Gasteiger partial charge in [0, 0.05) is 13.2 Å². The second kappa shape index (κ2) is 6.84. The van der Waals surface area contributed by atoms with Gasteiger partial charge in [0.2, 0.25) is 0 Å². The van der Waals surface area contributed by atoms with Gasteiger partial charge < -0.3 is 14.6 Å². The predicted octanol–water partition coefficient (Wildman–Crippen LogP) is 0.704. The Morgan fingerprint density at radius 1 is 1.54 bits per heavy atom. The first kappa shape index (κ1) is 12.4. The van der Waals surface area contributed by atoms with Crippen LogP contribution >= 0.6 is 0 Å². The monoisotopic (exact) mass is 187 g/mol. The summed E-state index contributed by atoms with van der Waals surface area (Å²) < 4.78 is 10.4. The molecule has 0 aliphatic heterocycles. The lowest BCUT2D eigenvalue weighted by Gasteiger charge is -2.21. The molecule has 0 aliphatic carbocycles. The number of nitrogens with zero attached hydrogens (tertiary/aromatic N) is 1. The Morgan fingerprint density at radius 3 is 2.69 bits per heavy atom. The third-order valence-corrected chi connectivity index (χ3v) is 1.54. The van der Waals surface area contributed by atoms with Gasteiger partial charge >= 0.3 is 0 Å². The maximum Gasteiger partial charge on any atom is 0.174 e. The van der Waals surface area contributed by atoms with E-state index in [0.717, 1.165) is 0 Å². The number of hydrogen-bond acceptors (Lipinski definition) is 4. The lowest BCUT2D eigenvalue weighted by molar-refractivity contribution is -0.0520. The predicted molar refractivity (Wildman–Crippen MR) is 48.2 cm³/mol. The van der Waals surface area contributed by atoms with Gasteiger partial charge in [-0.25, -0.2) is 0 Å². The van der Waals surface area contributed by atoms with Crippen LogP contribution in [0.25, 0.3) is 0 Å². The Bertz CT molecular complexity index is 167. The van der Waals surface area contributed by atoms with E-state index in [4.69, 9.17) is 19.8 Å². The zero-order valence-corrected chi connectivity index (χ0v) is 8.25. The van der Waals surface area contributed by atoms with Crippen LogP contribution in [0.1, 0.15) is 20.3 Å². The van der Waals surface area contributed by atoms with Crippen molar-refractivity contribution in [1.29, 1.82) is 5.26 Å². The minimum atomic E-state index is -0.884. The quantitative estimate of drug-likeness (QED) is 0.596. The molecule has 0 aromatic carbocycles. The van der Waals surface area contributed by atoms with E-state index in [9.17, 15) is 0 Å². The first-order valence-corrected chi connectivity index (χ1v) is 4.42. The fraction of sp³-hybridized carbons (Fsp3) is 0.889. The lowest BCUT2D eigenvalue weighted by Crippen LogP contribution is -2.33. The zero-order valence-electron chi connectivity index (χ0n) is 8.25. The average molecular weight is 187 g/mol. The van der Waals surface area contributed by atoms with Crippen LogP contribution in [-0.4, -0.2) is 37.1 Å². The van der Waals surface area contributed by atoms with Gasteiger partial charge in [-0.1, -0.05) is 0 Å².